The molecule has 0 spiro atoms. The Hall–Kier alpha value is -1.13. The molecule has 102 valence electrons. The second-order valence-electron chi connectivity index (χ2n) is 5.60. The maximum absolute atomic E-state index is 12.6. The van der Waals surface area contributed by atoms with E-state index in [2.05, 4.69) is 12.2 Å². The van der Waals surface area contributed by atoms with E-state index in [-0.39, 0.29) is 0 Å². The van der Waals surface area contributed by atoms with E-state index in [1.54, 1.807) is 16.4 Å². The molecule has 0 amide bonds. The average molecular weight is 277 g/mol. The molecule has 0 saturated carbocycles. The van der Waals surface area contributed by atoms with Crippen molar-refractivity contribution in [1.29, 1.82) is 0 Å². The lowest BCUT2D eigenvalue weighted by Gasteiger charge is -2.18. The Bertz CT molecular complexity index is 573. The number of hydrogen-bond donors (Lipinski definition) is 0. The van der Waals surface area contributed by atoms with Crippen LogP contribution in [0, 0.1) is 18.8 Å². The van der Waals surface area contributed by atoms with Crippen molar-refractivity contribution in [3.05, 3.63) is 42.0 Å². The Labute approximate surface area is 115 Å². The van der Waals surface area contributed by atoms with Crippen LogP contribution < -0.4 is 0 Å². The van der Waals surface area contributed by atoms with Crippen molar-refractivity contribution in [3.8, 4) is 0 Å². The maximum Gasteiger partial charge on any atom is 0.243 e. The number of aryl methyl sites for hydroxylation is 1. The molecule has 4 heteroatoms. The quantitative estimate of drug-likeness (QED) is 0.779. The number of benzene rings is 1. The van der Waals surface area contributed by atoms with Crippen LogP contribution in [-0.2, 0) is 10.0 Å². The molecule has 2 unspecified atom stereocenters. The van der Waals surface area contributed by atoms with Gasteiger partial charge in [-0.1, -0.05) is 29.8 Å². The summed E-state index contributed by atoms with van der Waals surface area (Å²) in [5.41, 5.74) is 1.08. The molecule has 1 aromatic rings. The van der Waals surface area contributed by atoms with Crippen LogP contribution in [0.4, 0.5) is 0 Å². The van der Waals surface area contributed by atoms with Crippen LogP contribution in [0.15, 0.2) is 41.3 Å². The zero-order valence-corrected chi connectivity index (χ0v) is 11.9. The van der Waals surface area contributed by atoms with Gasteiger partial charge in [-0.15, -0.1) is 0 Å². The van der Waals surface area contributed by atoms with Gasteiger partial charge in [-0.3, -0.25) is 0 Å². The summed E-state index contributed by atoms with van der Waals surface area (Å²) in [6.07, 6.45) is 6.40. The molecule has 19 heavy (non-hydrogen) atoms. The third-order valence-electron chi connectivity index (χ3n) is 4.25. The highest BCUT2D eigenvalue weighted by molar-refractivity contribution is 7.89. The van der Waals surface area contributed by atoms with Gasteiger partial charge in [0.2, 0.25) is 10.0 Å². The molecule has 1 fully saturated rings. The molecule has 1 aliphatic heterocycles. The molecule has 3 rings (SSSR count). The van der Waals surface area contributed by atoms with E-state index in [0.717, 1.165) is 18.4 Å². The Morgan fingerprint density at radius 1 is 1.00 bits per heavy atom. The number of sulfonamides is 1. The van der Waals surface area contributed by atoms with Gasteiger partial charge in [-0.2, -0.15) is 4.31 Å². The monoisotopic (exact) mass is 277 g/mol. The molecule has 1 saturated heterocycles. The van der Waals surface area contributed by atoms with E-state index in [4.69, 9.17) is 0 Å². The lowest BCUT2D eigenvalue weighted by molar-refractivity contribution is 0.411. The minimum absolute atomic E-state index is 0.421. The zero-order chi connectivity index (χ0) is 13.5. The van der Waals surface area contributed by atoms with E-state index in [0.29, 0.717) is 29.8 Å². The van der Waals surface area contributed by atoms with Crippen LogP contribution in [0.5, 0.6) is 0 Å². The summed E-state index contributed by atoms with van der Waals surface area (Å²) in [6, 6.07) is 7.14. The van der Waals surface area contributed by atoms with E-state index >= 15 is 0 Å². The summed E-state index contributed by atoms with van der Waals surface area (Å²) >= 11 is 0. The van der Waals surface area contributed by atoms with Crippen molar-refractivity contribution < 1.29 is 8.42 Å². The van der Waals surface area contributed by atoms with Gasteiger partial charge in [0, 0.05) is 13.1 Å². The lowest BCUT2D eigenvalue weighted by atomic mass is 9.86. The minimum Gasteiger partial charge on any atom is -0.207 e. The normalized spacial score (nSPS) is 27.4. The SMILES string of the molecule is Cc1ccc(S(=O)(=O)N2CC3CC=CCC3C2)cc1. The van der Waals surface area contributed by atoms with Crippen LogP contribution in [0.3, 0.4) is 0 Å². The fraction of sp³-hybridized carbons (Fsp3) is 0.467. The molecule has 0 radical (unpaired) electrons. The van der Waals surface area contributed by atoms with Crippen molar-refractivity contribution in [2.45, 2.75) is 24.7 Å². The van der Waals surface area contributed by atoms with Gasteiger partial charge in [0.1, 0.15) is 0 Å². The second kappa shape index (κ2) is 4.76. The third-order valence-corrected chi connectivity index (χ3v) is 6.09. The molecule has 3 nitrogen and oxygen atoms in total. The van der Waals surface area contributed by atoms with E-state index in [1.807, 2.05) is 19.1 Å². The summed E-state index contributed by atoms with van der Waals surface area (Å²) < 4.78 is 26.9. The highest BCUT2D eigenvalue weighted by Crippen LogP contribution is 2.35. The average Bonchev–Trinajstić information content (AvgIpc) is 2.83. The molecular formula is C15H19NO2S. The maximum atomic E-state index is 12.6. The molecular weight excluding hydrogens is 258 g/mol. The molecule has 1 heterocycles. The zero-order valence-electron chi connectivity index (χ0n) is 11.1. The van der Waals surface area contributed by atoms with E-state index < -0.39 is 10.0 Å². The molecule has 0 N–H and O–H groups in total. The predicted octanol–water partition coefficient (Wildman–Crippen LogP) is 2.58. The summed E-state index contributed by atoms with van der Waals surface area (Å²) in [4.78, 5) is 0.421. The highest BCUT2D eigenvalue weighted by atomic mass is 32.2. The Balaban J connectivity index is 1.84. The first-order chi connectivity index (χ1) is 9.07. The lowest BCUT2D eigenvalue weighted by Crippen LogP contribution is -2.29. The Morgan fingerprint density at radius 2 is 1.53 bits per heavy atom. The fourth-order valence-electron chi connectivity index (χ4n) is 3.03. The molecule has 0 bridgehead atoms. The minimum atomic E-state index is -3.31. The topological polar surface area (TPSA) is 37.4 Å². The molecule has 2 aliphatic rings. The molecule has 1 aliphatic carbocycles. The van der Waals surface area contributed by atoms with Crippen molar-refractivity contribution in [2.24, 2.45) is 11.8 Å². The molecule has 0 aromatic heterocycles. The summed E-state index contributed by atoms with van der Waals surface area (Å²) in [7, 11) is -3.31. The van der Waals surface area contributed by atoms with Crippen LogP contribution in [0.25, 0.3) is 0 Å². The van der Waals surface area contributed by atoms with Gasteiger partial charge in [-0.25, -0.2) is 8.42 Å². The molecule has 2 atom stereocenters. The van der Waals surface area contributed by atoms with Crippen LogP contribution in [-0.4, -0.2) is 25.8 Å². The van der Waals surface area contributed by atoms with Crippen LogP contribution >= 0.6 is 0 Å². The summed E-state index contributed by atoms with van der Waals surface area (Å²) in [6.45, 7) is 3.31. The van der Waals surface area contributed by atoms with Crippen molar-refractivity contribution in [1.82, 2.24) is 4.31 Å². The predicted molar refractivity (Wildman–Crippen MR) is 75.3 cm³/mol. The smallest absolute Gasteiger partial charge is 0.207 e. The van der Waals surface area contributed by atoms with Gasteiger partial charge in [0.25, 0.3) is 0 Å². The van der Waals surface area contributed by atoms with Crippen molar-refractivity contribution in [3.63, 3.8) is 0 Å². The largest absolute Gasteiger partial charge is 0.243 e. The highest BCUT2D eigenvalue weighted by Gasteiger charge is 2.38. The summed E-state index contributed by atoms with van der Waals surface area (Å²) in [5, 5.41) is 0. The fourth-order valence-corrected chi connectivity index (χ4v) is 4.58. The number of rotatable bonds is 2. The third kappa shape index (κ3) is 2.35. The second-order valence-corrected chi connectivity index (χ2v) is 7.54. The first-order valence-electron chi connectivity index (χ1n) is 6.79. The van der Waals surface area contributed by atoms with Crippen LogP contribution in [0.1, 0.15) is 18.4 Å². The Kier molecular flexibility index (Phi) is 3.23. The number of hydrogen-bond acceptors (Lipinski definition) is 2. The van der Waals surface area contributed by atoms with Gasteiger partial charge in [-0.05, 0) is 43.7 Å². The first-order valence-corrected chi connectivity index (χ1v) is 8.23. The molecule has 1 aromatic carbocycles. The van der Waals surface area contributed by atoms with Crippen molar-refractivity contribution >= 4 is 10.0 Å². The van der Waals surface area contributed by atoms with Gasteiger partial charge in [0.15, 0.2) is 0 Å². The van der Waals surface area contributed by atoms with Gasteiger partial charge < -0.3 is 0 Å². The van der Waals surface area contributed by atoms with Crippen molar-refractivity contribution in [2.75, 3.05) is 13.1 Å². The number of nitrogens with zero attached hydrogens (tertiary/aromatic N) is 1. The Morgan fingerprint density at radius 3 is 2.05 bits per heavy atom. The standard InChI is InChI=1S/C15H19NO2S/c1-12-6-8-15(9-7-12)19(17,18)16-10-13-4-2-3-5-14(13)11-16/h2-3,6-9,13-14H,4-5,10-11H2,1H3. The number of fused-ring (bicyclic) bond motifs is 1. The first kappa shape index (κ1) is 12.9. The van der Waals surface area contributed by atoms with E-state index in [1.165, 1.54) is 0 Å². The van der Waals surface area contributed by atoms with Crippen LogP contribution in [0.2, 0.25) is 0 Å². The van der Waals surface area contributed by atoms with Gasteiger partial charge in [0.05, 0.1) is 4.90 Å². The van der Waals surface area contributed by atoms with Gasteiger partial charge >= 0.3 is 0 Å². The summed E-state index contributed by atoms with van der Waals surface area (Å²) in [5.74, 6) is 1.01. The number of allylic oxidation sites excluding steroid dienone is 2. The van der Waals surface area contributed by atoms with E-state index in [9.17, 15) is 8.42 Å².